The van der Waals surface area contributed by atoms with E-state index in [1.165, 1.54) is 12.1 Å². The Morgan fingerprint density at radius 1 is 0.850 bits per heavy atom. The van der Waals surface area contributed by atoms with Crippen LogP contribution in [0, 0.1) is 23.4 Å². The number of ether oxygens (including phenoxy) is 2. The Morgan fingerprint density at radius 2 is 1.52 bits per heavy atom. The van der Waals surface area contributed by atoms with Gasteiger partial charge in [0.25, 0.3) is 0 Å². The second-order valence-electron chi connectivity index (χ2n) is 10.7. The fraction of sp³-hybridized carbons (Fsp3) is 0.533. The number of alkyl halides is 5. The highest BCUT2D eigenvalue weighted by atomic mass is 19.4. The van der Waals surface area contributed by atoms with Crippen LogP contribution in [0.25, 0.3) is 11.1 Å². The topological polar surface area (TPSA) is 18.5 Å². The molecule has 0 aliphatic heterocycles. The molecule has 0 spiro atoms. The smallest absolute Gasteiger partial charge is 0.421 e. The number of hydrogen-bond donors (Lipinski definition) is 0. The van der Waals surface area contributed by atoms with Crippen molar-refractivity contribution in [2.75, 3.05) is 6.61 Å². The molecule has 1 unspecified atom stereocenters. The molecule has 2 aliphatic carbocycles. The average molecular weight is 577 g/mol. The van der Waals surface area contributed by atoms with E-state index >= 15 is 0 Å². The standard InChI is InChI=1S/C30H32F8O2/c1-2-3-18-4-11-22(12-5-18)39-17-29(34,35)40-23-15-26(32)28(27(33)16-23)20-8-13-24(25(31)14-20)19-6-9-21(10-7-19)30(36,37)38/h8-9,13-16,18-19,22H,2-7,10-12,17H2,1H3. The number of rotatable bonds is 9. The van der Waals surface area contributed by atoms with E-state index in [0.29, 0.717) is 30.9 Å². The summed E-state index contributed by atoms with van der Waals surface area (Å²) in [5, 5.41) is 0. The van der Waals surface area contributed by atoms with Gasteiger partial charge < -0.3 is 9.47 Å². The van der Waals surface area contributed by atoms with E-state index in [-0.39, 0.29) is 36.5 Å². The molecule has 1 atom stereocenters. The summed E-state index contributed by atoms with van der Waals surface area (Å²) in [5.74, 6) is -3.97. The summed E-state index contributed by atoms with van der Waals surface area (Å²) in [6.45, 7) is 1.04. The van der Waals surface area contributed by atoms with E-state index in [2.05, 4.69) is 11.7 Å². The number of benzene rings is 2. The van der Waals surface area contributed by atoms with E-state index in [4.69, 9.17) is 4.74 Å². The highest BCUT2D eigenvalue weighted by Crippen LogP contribution is 2.41. The van der Waals surface area contributed by atoms with Crippen molar-refractivity contribution in [3.8, 4) is 16.9 Å². The molecule has 0 radical (unpaired) electrons. The van der Waals surface area contributed by atoms with Gasteiger partial charge in [-0.05, 0) is 74.0 Å². The third-order valence-corrected chi connectivity index (χ3v) is 7.76. The van der Waals surface area contributed by atoms with E-state index in [1.807, 2.05) is 0 Å². The minimum absolute atomic E-state index is 0.0160. The molecular weight excluding hydrogens is 544 g/mol. The summed E-state index contributed by atoms with van der Waals surface area (Å²) < 4.78 is 122. The first-order valence-corrected chi connectivity index (χ1v) is 13.6. The molecule has 1 saturated carbocycles. The predicted octanol–water partition coefficient (Wildman–Crippen LogP) is 9.87. The molecule has 2 nitrogen and oxygen atoms in total. The van der Waals surface area contributed by atoms with E-state index in [1.54, 1.807) is 0 Å². The SMILES string of the molecule is CCCC1CCC(OCC(F)(F)Oc2cc(F)c(-c3ccc(C4CC=C(C(F)(F)F)CC4)c(F)c3)c(F)c2)CC1. The van der Waals surface area contributed by atoms with Crippen LogP contribution in [0.1, 0.15) is 76.2 Å². The number of halogens is 8. The zero-order chi connectivity index (χ0) is 29.1. The molecule has 2 aromatic rings. The van der Waals surface area contributed by atoms with Crippen LogP contribution >= 0.6 is 0 Å². The summed E-state index contributed by atoms with van der Waals surface area (Å²) >= 11 is 0. The Hall–Kier alpha value is -2.62. The summed E-state index contributed by atoms with van der Waals surface area (Å²) in [6, 6.07) is 4.61. The van der Waals surface area contributed by atoms with Gasteiger partial charge in [0.1, 0.15) is 23.2 Å². The van der Waals surface area contributed by atoms with Crippen molar-refractivity contribution < 1.29 is 44.6 Å². The van der Waals surface area contributed by atoms with Gasteiger partial charge in [-0.15, -0.1) is 0 Å². The van der Waals surface area contributed by atoms with Crippen molar-refractivity contribution in [1.29, 1.82) is 0 Å². The molecule has 0 heterocycles. The minimum atomic E-state index is -4.43. The Morgan fingerprint density at radius 3 is 2.08 bits per heavy atom. The van der Waals surface area contributed by atoms with E-state index in [0.717, 1.165) is 37.8 Å². The zero-order valence-corrected chi connectivity index (χ0v) is 22.1. The largest absolute Gasteiger partial charge is 0.431 e. The third-order valence-electron chi connectivity index (χ3n) is 7.76. The Bertz CT molecular complexity index is 1180. The average Bonchev–Trinajstić information content (AvgIpc) is 2.87. The molecule has 0 N–H and O–H groups in total. The maximum atomic E-state index is 14.9. The first-order valence-electron chi connectivity index (χ1n) is 13.6. The van der Waals surface area contributed by atoms with Gasteiger partial charge in [-0.2, -0.15) is 22.0 Å². The van der Waals surface area contributed by atoms with Crippen molar-refractivity contribution in [2.45, 2.75) is 89.0 Å². The molecule has 10 heteroatoms. The van der Waals surface area contributed by atoms with Crippen molar-refractivity contribution in [3.63, 3.8) is 0 Å². The Balaban J connectivity index is 1.40. The lowest BCUT2D eigenvalue weighted by Crippen LogP contribution is -2.34. The van der Waals surface area contributed by atoms with Crippen LogP contribution in [0.2, 0.25) is 0 Å². The Kier molecular flexibility index (Phi) is 9.47. The van der Waals surface area contributed by atoms with Crippen molar-refractivity contribution in [1.82, 2.24) is 0 Å². The second kappa shape index (κ2) is 12.5. The molecule has 0 amide bonds. The molecule has 220 valence electrons. The van der Waals surface area contributed by atoms with E-state index < -0.39 is 59.1 Å². The monoisotopic (exact) mass is 576 g/mol. The van der Waals surface area contributed by atoms with Gasteiger partial charge in [0.05, 0.1) is 11.7 Å². The lowest BCUT2D eigenvalue weighted by atomic mass is 9.83. The molecule has 2 aromatic carbocycles. The molecule has 4 rings (SSSR count). The van der Waals surface area contributed by atoms with Crippen LogP contribution in [-0.2, 0) is 4.74 Å². The second-order valence-corrected chi connectivity index (χ2v) is 10.7. The third kappa shape index (κ3) is 7.56. The molecular formula is C30H32F8O2. The Labute approximate surface area is 228 Å². The predicted molar refractivity (Wildman–Crippen MR) is 135 cm³/mol. The molecule has 1 fully saturated rings. The minimum Gasteiger partial charge on any atom is -0.431 e. The summed E-state index contributed by atoms with van der Waals surface area (Å²) in [5.41, 5.74) is -1.33. The first kappa shape index (κ1) is 30.3. The van der Waals surface area contributed by atoms with Gasteiger partial charge in [0, 0.05) is 17.7 Å². The molecule has 0 bridgehead atoms. The lowest BCUT2D eigenvalue weighted by molar-refractivity contribution is -0.222. The quantitative estimate of drug-likeness (QED) is 0.219. The molecule has 0 saturated heterocycles. The van der Waals surface area contributed by atoms with Gasteiger partial charge in [-0.3, -0.25) is 0 Å². The van der Waals surface area contributed by atoms with Gasteiger partial charge in [-0.25, -0.2) is 13.2 Å². The van der Waals surface area contributed by atoms with Crippen LogP contribution in [0.5, 0.6) is 5.75 Å². The van der Waals surface area contributed by atoms with Crippen LogP contribution in [0.4, 0.5) is 35.1 Å². The highest BCUT2D eigenvalue weighted by molar-refractivity contribution is 5.66. The normalized spacial score (nSPS) is 22.2. The number of allylic oxidation sites excluding steroid dienone is 2. The zero-order valence-electron chi connectivity index (χ0n) is 22.1. The molecule has 40 heavy (non-hydrogen) atoms. The van der Waals surface area contributed by atoms with Gasteiger partial charge >= 0.3 is 12.3 Å². The van der Waals surface area contributed by atoms with Gasteiger partial charge in [0.15, 0.2) is 6.61 Å². The van der Waals surface area contributed by atoms with E-state index in [9.17, 15) is 35.1 Å². The van der Waals surface area contributed by atoms with Crippen LogP contribution < -0.4 is 4.74 Å². The van der Waals surface area contributed by atoms with Crippen LogP contribution in [0.15, 0.2) is 42.0 Å². The summed E-state index contributed by atoms with van der Waals surface area (Å²) in [4.78, 5) is 0. The fourth-order valence-corrected chi connectivity index (χ4v) is 5.68. The molecule has 0 aromatic heterocycles. The molecule has 2 aliphatic rings. The first-order chi connectivity index (χ1) is 18.9. The number of hydrogen-bond acceptors (Lipinski definition) is 2. The van der Waals surface area contributed by atoms with Gasteiger partial charge in [0.2, 0.25) is 0 Å². The van der Waals surface area contributed by atoms with Crippen molar-refractivity contribution in [2.24, 2.45) is 5.92 Å². The fourth-order valence-electron chi connectivity index (χ4n) is 5.68. The maximum Gasteiger partial charge on any atom is 0.421 e. The summed E-state index contributed by atoms with van der Waals surface area (Å²) in [6.07, 6.45) is -2.42. The highest BCUT2D eigenvalue weighted by Gasteiger charge is 2.36. The van der Waals surface area contributed by atoms with Crippen LogP contribution in [0.3, 0.4) is 0 Å². The lowest BCUT2D eigenvalue weighted by Gasteiger charge is -2.29. The van der Waals surface area contributed by atoms with Gasteiger partial charge in [-0.1, -0.05) is 38.0 Å². The summed E-state index contributed by atoms with van der Waals surface area (Å²) in [7, 11) is 0. The maximum absolute atomic E-state index is 14.9. The van der Waals surface area contributed by atoms with Crippen LogP contribution in [-0.4, -0.2) is 25.0 Å². The van der Waals surface area contributed by atoms with Crippen molar-refractivity contribution >= 4 is 0 Å². The van der Waals surface area contributed by atoms with Crippen molar-refractivity contribution in [3.05, 3.63) is 65.0 Å².